The van der Waals surface area contributed by atoms with Crippen LogP contribution in [0.5, 0.6) is 0 Å². The Kier molecular flexibility index (Phi) is 4.93. The molecule has 1 N–H and O–H groups in total. The van der Waals surface area contributed by atoms with E-state index < -0.39 is 0 Å². The summed E-state index contributed by atoms with van der Waals surface area (Å²) in [5, 5.41) is 3.60. The molecule has 0 aliphatic carbocycles. The van der Waals surface area contributed by atoms with Gasteiger partial charge in [0.15, 0.2) is 0 Å². The third kappa shape index (κ3) is 4.08. The fourth-order valence-electron chi connectivity index (χ4n) is 2.14. The lowest BCUT2D eigenvalue weighted by Gasteiger charge is -2.18. The number of aryl methyl sites for hydroxylation is 1. The van der Waals surface area contributed by atoms with E-state index in [0.717, 1.165) is 13.0 Å². The summed E-state index contributed by atoms with van der Waals surface area (Å²) >= 11 is 0. The molecule has 0 fully saturated rings. The SMILES string of the molecule is C=CC[C@H](NCc1ccccc1)c1ccc(C)cc1. The smallest absolute Gasteiger partial charge is 0.0357 e. The van der Waals surface area contributed by atoms with Gasteiger partial charge < -0.3 is 5.32 Å². The molecule has 0 amide bonds. The zero-order valence-electron chi connectivity index (χ0n) is 11.5. The van der Waals surface area contributed by atoms with Gasteiger partial charge >= 0.3 is 0 Å². The van der Waals surface area contributed by atoms with Gasteiger partial charge in [-0.2, -0.15) is 0 Å². The number of nitrogens with one attached hydrogen (secondary N) is 1. The van der Waals surface area contributed by atoms with Crippen molar-refractivity contribution >= 4 is 0 Å². The van der Waals surface area contributed by atoms with Crippen LogP contribution in [0.2, 0.25) is 0 Å². The van der Waals surface area contributed by atoms with Gasteiger partial charge in [0.25, 0.3) is 0 Å². The summed E-state index contributed by atoms with van der Waals surface area (Å²) in [6, 6.07) is 19.5. The van der Waals surface area contributed by atoms with Crippen LogP contribution >= 0.6 is 0 Å². The minimum Gasteiger partial charge on any atom is -0.306 e. The molecule has 1 heteroatoms. The first-order chi connectivity index (χ1) is 9.29. The van der Waals surface area contributed by atoms with Crippen molar-refractivity contribution in [2.24, 2.45) is 0 Å². The van der Waals surface area contributed by atoms with E-state index in [1.807, 2.05) is 12.1 Å². The molecule has 0 aliphatic rings. The van der Waals surface area contributed by atoms with E-state index in [1.165, 1.54) is 16.7 Å². The van der Waals surface area contributed by atoms with Crippen LogP contribution in [0.3, 0.4) is 0 Å². The molecule has 98 valence electrons. The van der Waals surface area contributed by atoms with E-state index in [2.05, 4.69) is 67.4 Å². The lowest BCUT2D eigenvalue weighted by Crippen LogP contribution is -2.20. The van der Waals surface area contributed by atoms with Crippen LogP contribution in [-0.4, -0.2) is 0 Å². The monoisotopic (exact) mass is 251 g/mol. The van der Waals surface area contributed by atoms with Crippen LogP contribution in [0, 0.1) is 6.92 Å². The molecule has 0 unspecified atom stereocenters. The van der Waals surface area contributed by atoms with Crippen molar-refractivity contribution in [3.8, 4) is 0 Å². The van der Waals surface area contributed by atoms with Gasteiger partial charge in [-0.25, -0.2) is 0 Å². The van der Waals surface area contributed by atoms with Gasteiger partial charge in [-0.05, 0) is 24.5 Å². The highest BCUT2D eigenvalue weighted by atomic mass is 14.9. The molecule has 2 aromatic carbocycles. The summed E-state index contributed by atoms with van der Waals surface area (Å²) in [5.41, 5.74) is 3.93. The molecular formula is C18H21N. The molecule has 2 aromatic rings. The first-order valence-corrected chi connectivity index (χ1v) is 6.74. The van der Waals surface area contributed by atoms with Crippen LogP contribution < -0.4 is 5.32 Å². The molecule has 0 heterocycles. The Hall–Kier alpha value is -1.86. The van der Waals surface area contributed by atoms with Crippen molar-refractivity contribution in [2.75, 3.05) is 0 Å². The number of hydrogen-bond acceptors (Lipinski definition) is 1. The Balaban J connectivity index is 2.04. The first-order valence-electron chi connectivity index (χ1n) is 6.74. The van der Waals surface area contributed by atoms with Crippen LogP contribution in [-0.2, 0) is 6.54 Å². The standard InChI is InChI=1S/C18H21N/c1-3-7-18(17-12-10-15(2)11-13-17)19-14-16-8-5-4-6-9-16/h3-6,8-13,18-19H,1,7,14H2,2H3/t18-/m0/s1. The third-order valence-electron chi connectivity index (χ3n) is 3.28. The number of rotatable bonds is 6. The van der Waals surface area contributed by atoms with Gasteiger partial charge in [0.1, 0.15) is 0 Å². The quantitative estimate of drug-likeness (QED) is 0.750. The van der Waals surface area contributed by atoms with Crippen molar-refractivity contribution in [1.82, 2.24) is 5.32 Å². The minimum atomic E-state index is 0.332. The Morgan fingerprint density at radius 2 is 1.74 bits per heavy atom. The summed E-state index contributed by atoms with van der Waals surface area (Å²) < 4.78 is 0. The molecule has 0 saturated heterocycles. The van der Waals surface area contributed by atoms with Crippen molar-refractivity contribution in [2.45, 2.75) is 25.9 Å². The van der Waals surface area contributed by atoms with Gasteiger partial charge in [0.05, 0.1) is 0 Å². The topological polar surface area (TPSA) is 12.0 Å². The molecule has 0 spiro atoms. The summed E-state index contributed by atoms with van der Waals surface area (Å²) in [4.78, 5) is 0. The van der Waals surface area contributed by atoms with Crippen molar-refractivity contribution in [3.05, 3.63) is 83.9 Å². The van der Waals surface area contributed by atoms with Crippen molar-refractivity contribution < 1.29 is 0 Å². The highest BCUT2D eigenvalue weighted by Crippen LogP contribution is 2.18. The van der Waals surface area contributed by atoms with Crippen LogP contribution in [0.1, 0.15) is 29.2 Å². The number of benzene rings is 2. The van der Waals surface area contributed by atoms with Gasteiger partial charge in [-0.1, -0.05) is 66.2 Å². The molecule has 0 aliphatic heterocycles. The predicted molar refractivity (Wildman–Crippen MR) is 82.0 cm³/mol. The lowest BCUT2D eigenvalue weighted by molar-refractivity contribution is 0.539. The Morgan fingerprint density at radius 3 is 2.37 bits per heavy atom. The van der Waals surface area contributed by atoms with E-state index in [9.17, 15) is 0 Å². The third-order valence-corrected chi connectivity index (χ3v) is 3.28. The molecule has 1 nitrogen and oxygen atoms in total. The van der Waals surface area contributed by atoms with E-state index in [1.54, 1.807) is 0 Å². The zero-order chi connectivity index (χ0) is 13.5. The minimum absolute atomic E-state index is 0.332. The average molecular weight is 251 g/mol. The van der Waals surface area contributed by atoms with Gasteiger partial charge in [0.2, 0.25) is 0 Å². The molecule has 0 radical (unpaired) electrons. The van der Waals surface area contributed by atoms with E-state index in [0.29, 0.717) is 6.04 Å². The van der Waals surface area contributed by atoms with Crippen LogP contribution in [0.4, 0.5) is 0 Å². The summed E-state index contributed by atoms with van der Waals surface area (Å²) in [5.74, 6) is 0. The average Bonchev–Trinajstić information content (AvgIpc) is 2.46. The summed E-state index contributed by atoms with van der Waals surface area (Å²) in [6.07, 6.45) is 2.92. The largest absolute Gasteiger partial charge is 0.306 e. The maximum atomic E-state index is 3.86. The van der Waals surface area contributed by atoms with E-state index >= 15 is 0 Å². The lowest BCUT2D eigenvalue weighted by atomic mass is 10.0. The highest BCUT2D eigenvalue weighted by Gasteiger charge is 2.08. The van der Waals surface area contributed by atoms with Crippen LogP contribution in [0.25, 0.3) is 0 Å². The second kappa shape index (κ2) is 6.91. The Morgan fingerprint density at radius 1 is 1.05 bits per heavy atom. The van der Waals surface area contributed by atoms with Gasteiger partial charge in [0, 0.05) is 12.6 Å². The number of hydrogen-bond donors (Lipinski definition) is 1. The van der Waals surface area contributed by atoms with Gasteiger partial charge in [-0.3, -0.25) is 0 Å². The molecule has 2 rings (SSSR count). The molecule has 0 saturated carbocycles. The molecule has 0 aromatic heterocycles. The Labute approximate surface area is 116 Å². The van der Waals surface area contributed by atoms with Crippen molar-refractivity contribution in [3.63, 3.8) is 0 Å². The second-order valence-corrected chi connectivity index (χ2v) is 4.85. The maximum Gasteiger partial charge on any atom is 0.0357 e. The van der Waals surface area contributed by atoms with Gasteiger partial charge in [-0.15, -0.1) is 6.58 Å². The highest BCUT2D eigenvalue weighted by molar-refractivity contribution is 5.25. The normalized spacial score (nSPS) is 12.1. The second-order valence-electron chi connectivity index (χ2n) is 4.85. The van der Waals surface area contributed by atoms with E-state index in [4.69, 9.17) is 0 Å². The molecule has 1 atom stereocenters. The molecule has 19 heavy (non-hydrogen) atoms. The fraction of sp³-hybridized carbons (Fsp3) is 0.222. The first kappa shape index (κ1) is 13.6. The Bertz CT molecular complexity index is 499. The summed E-state index contributed by atoms with van der Waals surface area (Å²) in [7, 11) is 0. The summed E-state index contributed by atoms with van der Waals surface area (Å²) in [6.45, 7) is 6.86. The van der Waals surface area contributed by atoms with Crippen molar-refractivity contribution in [1.29, 1.82) is 0 Å². The fourth-order valence-corrected chi connectivity index (χ4v) is 2.14. The zero-order valence-corrected chi connectivity index (χ0v) is 11.5. The molecular weight excluding hydrogens is 230 g/mol. The maximum absolute atomic E-state index is 3.86. The van der Waals surface area contributed by atoms with E-state index in [-0.39, 0.29) is 0 Å². The van der Waals surface area contributed by atoms with Crippen LogP contribution in [0.15, 0.2) is 67.3 Å². The molecule has 0 bridgehead atoms. The predicted octanol–water partition coefficient (Wildman–Crippen LogP) is 4.40.